The number of rotatable bonds is 4. The van der Waals surface area contributed by atoms with Crippen molar-refractivity contribution in [2.45, 2.75) is 6.92 Å². The first-order chi connectivity index (χ1) is 14.7. The summed E-state index contributed by atoms with van der Waals surface area (Å²) in [6, 6.07) is 23.1. The van der Waals surface area contributed by atoms with Gasteiger partial charge in [0.15, 0.2) is 12.0 Å². The predicted molar refractivity (Wildman–Crippen MR) is 120 cm³/mol. The number of fused-ring (bicyclic) bond motifs is 1. The van der Waals surface area contributed by atoms with E-state index in [9.17, 15) is 4.79 Å². The predicted octanol–water partition coefficient (Wildman–Crippen LogP) is 6.18. The molecule has 0 radical (unpaired) electrons. The molecule has 30 heavy (non-hydrogen) atoms. The Bertz CT molecular complexity index is 1340. The number of amides is 1. The zero-order chi connectivity index (χ0) is 20.5. The normalized spacial score (nSPS) is 11.0. The summed E-state index contributed by atoms with van der Waals surface area (Å²) in [5.74, 6) is -0.191. The van der Waals surface area contributed by atoms with Crippen LogP contribution in [0, 0.1) is 6.92 Å². The van der Waals surface area contributed by atoms with Crippen molar-refractivity contribution in [3.63, 3.8) is 0 Å². The Morgan fingerprint density at radius 3 is 2.57 bits per heavy atom. The lowest BCUT2D eigenvalue weighted by molar-refractivity contribution is 0.102. The summed E-state index contributed by atoms with van der Waals surface area (Å²) in [7, 11) is 0. The van der Waals surface area contributed by atoms with Gasteiger partial charge in [-0.25, -0.2) is 9.97 Å². The Morgan fingerprint density at radius 1 is 0.967 bits per heavy atom. The lowest BCUT2D eigenvalue weighted by atomic mass is 10.1. The van der Waals surface area contributed by atoms with E-state index in [1.807, 2.05) is 42.5 Å². The Kier molecular flexibility index (Phi) is 4.61. The monoisotopic (exact) mass is 411 g/mol. The fourth-order valence-electron chi connectivity index (χ4n) is 3.28. The van der Waals surface area contributed by atoms with Crippen molar-refractivity contribution in [3.05, 3.63) is 89.6 Å². The highest BCUT2D eigenvalue weighted by molar-refractivity contribution is 7.15. The average Bonchev–Trinajstić information content (AvgIpc) is 3.41. The Balaban J connectivity index is 1.35. The highest BCUT2D eigenvalue weighted by atomic mass is 32.1. The molecule has 2 aromatic heterocycles. The average molecular weight is 411 g/mol. The molecule has 1 amide bonds. The number of nitrogens with zero attached hydrogens (tertiary/aromatic N) is 2. The first-order valence-corrected chi connectivity index (χ1v) is 10.3. The maximum atomic E-state index is 12.6. The maximum absolute atomic E-state index is 12.6. The summed E-state index contributed by atoms with van der Waals surface area (Å²) in [5, 5.41) is 3.93. The van der Waals surface area contributed by atoms with E-state index < -0.39 is 0 Å². The topological polar surface area (TPSA) is 68.0 Å². The van der Waals surface area contributed by atoms with Crippen molar-refractivity contribution in [2.75, 3.05) is 5.32 Å². The number of carbonyl (C=O) groups is 1. The van der Waals surface area contributed by atoms with Crippen molar-refractivity contribution in [1.29, 1.82) is 0 Å². The van der Waals surface area contributed by atoms with E-state index in [1.165, 1.54) is 6.39 Å². The van der Waals surface area contributed by atoms with Crippen LogP contribution in [0.5, 0.6) is 0 Å². The molecular formula is C24H17N3O2S. The van der Waals surface area contributed by atoms with E-state index in [0.717, 1.165) is 32.4 Å². The summed E-state index contributed by atoms with van der Waals surface area (Å²) >= 11 is 1.68. The van der Waals surface area contributed by atoms with Crippen molar-refractivity contribution >= 4 is 34.0 Å². The van der Waals surface area contributed by atoms with Crippen molar-refractivity contribution in [3.8, 4) is 21.8 Å². The minimum absolute atomic E-state index is 0.191. The summed E-state index contributed by atoms with van der Waals surface area (Å²) in [6.45, 7) is 2.08. The van der Waals surface area contributed by atoms with E-state index in [-0.39, 0.29) is 5.91 Å². The van der Waals surface area contributed by atoms with Crippen LogP contribution in [0.3, 0.4) is 0 Å². The smallest absolute Gasteiger partial charge is 0.255 e. The summed E-state index contributed by atoms with van der Waals surface area (Å²) in [6.07, 6.45) is 1.37. The standard InChI is InChI=1S/C24H17N3O2S/c1-15-22(27-24(30-15)17-5-3-2-4-6-17)16-7-10-19(11-8-16)26-23(28)18-9-12-21-20(13-18)25-14-29-21/h2-14H,1H3,(H,26,28). The summed E-state index contributed by atoms with van der Waals surface area (Å²) in [5.41, 5.74) is 5.67. The van der Waals surface area contributed by atoms with Crippen LogP contribution >= 0.6 is 11.3 Å². The Labute approximate surface area is 177 Å². The van der Waals surface area contributed by atoms with Gasteiger partial charge >= 0.3 is 0 Å². The molecule has 0 saturated carbocycles. The van der Waals surface area contributed by atoms with E-state index in [2.05, 4.69) is 29.4 Å². The molecule has 5 nitrogen and oxygen atoms in total. The molecule has 0 fully saturated rings. The van der Waals surface area contributed by atoms with Gasteiger partial charge in [-0.15, -0.1) is 11.3 Å². The van der Waals surface area contributed by atoms with Gasteiger partial charge in [-0.3, -0.25) is 4.79 Å². The molecule has 2 heterocycles. The maximum Gasteiger partial charge on any atom is 0.255 e. The molecule has 0 bridgehead atoms. The quantitative estimate of drug-likeness (QED) is 0.383. The van der Waals surface area contributed by atoms with Crippen molar-refractivity contribution < 1.29 is 9.21 Å². The molecule has 0 aliphatic heterocycles. The van der Waals surface area contributed by atoms with Crippen LogP contribution in [-0.4, -0.2) is 15.9 Å². The van der Waals surface area contributed by atoms with Gasteiger partial charge in [-0.05, 0) is 37.3 Å². The second-order valence-corrected chi connectivity index (χ2v) is 8.06. The van der Waals surface area contributed by atoms with Crippen LogP contribution in [0.25, 0.3) is 32.9 Å². The highest BCUT2D eigenvalue weighted by Crippen LogP contribution is 2.33. The second-order valence-electron chi connectivity index (χ2n) is 6.86. The lowest BCUT2D eigenvalue weighted by Gasteiger charge is -2.06. The number of anilines is 1. The van der Waals surface area contributed by atoms with Crippen molar-refractivity contribution in [1.82, 2.24) is 9.97 Å². The van der Waals surface area contributed by atoms with Gasteiger partial charge in [0.2, 0.25) is 0 Å². The van der Waals surface area contributed by atoms with E-state index in [0.29, 0.717) is 16.7 Å². The Morgan fingerprint density at radius 2 is 1.77 bits per heavy atom. The fourth-order valence-corrected chi connectivity index (χ4v) is 4.22. The lowest BCUT2D eigenvalue weighted by Crippen LogP contribution is -2.11. The molecule has 3 aromatic carbocycles. The molecule has 1 N–H and O–H groups in total. The Hall–Kier alpha value is -3.77. The molecular weight excluding hydrogens is 394 g/mol. The molecule has 5 rings (SSSR count). The number of nitrogens with one attached hydrogen (secondary N) is 1. The molecule has 0 aliphatic carbocycles. The van der Waals surface area contributed by atoms with Crippen LogP contribution in [0.4, 0.5) is 5.69 Å². The number of aryl methyl sites for hydroxylation is 1. The van der Waals surface area contributed by atoms with E-state index >= 15 is 0 Å². The van der Waals surface area contributed by atoms with Crippen LogP contribution < -0.4 is 5.32 Å². The summed E-state index contributed by atoms with van der Waals surface area (Å²) in [4.78, 5) is 22.6. The molecule has 0 atom stereocenters. The van der Waals surface area contributed by atoms with Crippen LogP contribution in [0.2, 0.25) is 0 Å². The third kappa shape index (κ3) is 3.49. The van der Waals surface area contributed by atoms with E-state index in [4.69, 9.17) is 9.40 Å². The number of oxazole rings is 1. The van der Waals surface area contributed by atoms with Gasteiger partial charge in [0, 0.05) is 27.3 Å². The number of carbonyl (C=O) groups excluding carboxylic acids is 1. The zero-order valence-electron chi connectivity index (χ0n) is 16.1. The van der Waals surface area contributed by atoms with Gasteiger partial charge in [-0.1, -0.05) is 42.5 Å². The van der Waals surface area contributed by atoms with Gasteiger partial charge in [0.1, 0.15) is 10.5 Å². The molecule has 6 heteroatoms. The minimum atomic E-state index is -0.191. The zero-order valence-corrected chi connectivity index (χ0v) is 16.9. The van der Waals surface area contributed by atoms with Gasteiger partial charge in [0.25, 0.3) is 5.91 Å². The third-order valence-electron chi connectivity index (χ3n) is 4.83. The molecule has 0 spiro atoms. The molecule has 0 unspecified atom stereocenters. The number of thiazole rings is 1. The first-order valence-electron chi connectivity index (χ1n) is 9.45. The fraction of sp³-hybridized carbons (Fsp3) is 0.0417. The molecule has 5 aromatic rings. The minimum Gasteiger partial charge on any atom is -0.443 e. The number of aromatic nitrogens is 2. The van der Waals surface area contributed by atoms with Crippen molar-refractivity contribution in [2.24, 2.45) is 0 Å². The molecule has 146 valence electrons. The highest BCUT2D eigenvalue weighted by Gasteiger charge is 2.12. The second kappa shape index (κ2) is 7.57. The number of hydrogen-bond donors (Lipinski definition) is 1. The van der Waals surface area contributed by atoms with Crippen LogP contribution in [0.15, 0.2) is 83.6 Å². The molecule has 0 aliphatic rings. The summed E-state index contributed by atoms with van der Waals surface area (Å²) < 4.78 is 5.22. The van der Waals surface area contributed by atoms with Gasteiger partial charge < -0.3 is 9.73 Å². The number of benzene rings is 3. The van der Waals surface area contributed by atoms with Crippen LogP contribution in [0.1, 0.15) is 15.2 Å². The van der Waals surface area contributed by atoms with Crippen LogP contribution in [-0.2, 0) is 0 Å². The van der Waals surface area contributed by atoms with Gasteiger partial charge in [-0.2, -0.15) is 0 Å². The van der Waals surface area contributed by atoms with E-state index in [1.54, 1.807) is 29.5 Å². The molecule has 0 saturated heterocycles. The third-order valence-corrected chi connectivity index (χ3v) is 5.85. The first kappa shape index (κ1) is 18.3. The van der Waals surface area contributed by atoms with Gasteiger partial charge in [0.05, 0.1) is 5.69 Å². The SMILES string of the molecule is Cc1sc(-c2ccccc2)nc1-c1ccc(NC(=O)c2ccc3ocnc3c2)cc1. The number of hydrogen-bond acceptors (Lipinski definition) is 5. The largest absolute Gasteiger partial charge is 0.443 e.